The Morgan fingerprint density at radius 3 is 2.45 bits per heavy atom. The Hall–Kier alpha value is -2.62. The molecule has 0 radical (unpaired) electrons. The molecule has 0 aliphatic carbocycles. The van der Waals surface area contributed by atoms with Crippen molar-refractivity contribution in [2.45, 2.75) is 18.5 Å². The normalized spacial score (nSPS) is 20.7. The summed E-state index contributed by atoms with van der Waals surface area (Å²) in [7, 11) is -2.48. The molecular formula is C18H17ClFN3O5S. The molecule has 0 aromatic heterocycles. The van der Waals surface area contributed by atoms with E-state index in [0.29, 0.717) is 5.69 Å². The average Bonchev–Trinajstić information content (AvgIpc) is 2.68. The fourth-order valence-electron chi connectivity index (χ4n) is 2.81. The van der Waals surface area contributed by atoms with Gasteiger partial charge >= 0.3 is 6.15 Å². The SMILES string of the molecule is CN1C(C(=O)Nc2ccc(F)c(Cl)c2)CC(c2ccccc2)NS1(=O)=O.O=C=O. The van der Waals surface area contributed by atoms with Crippen molar-refractivity contribution >= 4 is 39.6 Å². The van der Waals surface area contributed by atoms with Gasteiger partial charge in [-0.05, 0) is 30.2 Å². The Morgan fingerprint density at radius 2 is 1.86 bits per heavy atom. The largest absolute Gasteiger partial charge is 0.373 e. The number of amides is 1. The second-order valence-electron chi connectivity index (χ2n) is 6.06. The van der Waals surface area contributed by atoms with E-state index in [1.54, 1.807) is 24.3 Å². The third kappa shape index (κ3) is 5.69. The van der Waals surface area contributed by atoms with Crippen molar-refractivity contribution in [2.24, 2.45) is 0 Å². The van der Waals surface area contributed by atoms with E-state index in [1.165, 1.54) is 19.2 Å². The van der Waals surface area contributed by atoms with Crippen LogP contribution in [0.2, 0.25) is 5.02 Å². The highest BCUT2D eigenvalue weighted by Gasteiger charge is 2.40. The molecule has 2 N–H and O–H groups in total. The van der Waals surface area contributed by atoms with Crippen LogP contribution >= 0.6 is 11.6 Å². The zero-order valence-corrected chi connectivity index (χ0v) is 16.7. The number of carbonyl (C=O) groups excluding carboxylic acids is 3. The summed E-state index contributed by atoms with van der Waals surface area (Å²) in [6.45, 7) is 0. The summed E-state index contributed by atoms with van der Waals surface area (Å²) in [5.41, 5.74) is 1.06. The summed E-state index contributed by atoms with van der Waals surface area (Å²) in [4.78, 5) is 28.9. The monoisotopic (exact) mass is 441 g/mol. The lowest BCUT2D eigenvalue weighted by Gasteiger charge is -2.36. The van der Waals surface area contributed by atoms with Crippen molar-refractivity contribution in [3.05, 3.63) is 64.9 Å². The minimum atomic E-state index is -3.82. The van der Waals surface area contributed by atoms with Crippen molar-refractivity contribution in [1.29, 1.82) is 0 Å². The van der Waals surface area contributed by atoms with E-state index in [1.807, 2.05) is 6.07 Å². The molecule has 2 unspecified atom stereocenters. The van der Waals surface area contributed by atoms with Crippen molar-refractivity contribution in [3.63, 3.8) is 0 Å². The summed E-state index contributed by atoms with van der Waals surface area (Å²) in [6.07, 6.45) is 0.500. The van der Waals surface area contributed by atoms with Gasteiger partial charge in [0.1, 0.15) is 11.9 Å². The Balaban J connectivity index is 0.000000941. The Kier molecular flexibility index (Phi) is 7.60. The van der Waals surface area contributed by atoms with E-state index in [9.17, 15) is 17.6 Å². The van der Waals surface area contributed by atoms with Gasteiger partial charge in [-0.1, -0.05) is 41.9 Å². The molecule has 1 heterocycles. The van der Waals surface area contributed by atoms with Gasteiger partial charge in [-0.15, -0.1) is 0 Å². The molecule has 2 aromatic carbocycles. The molecule has 0 bridgehead atoms. The first kappa shape index (κ1) is 22.7. The first-order valence-corrected chi connectivity index (χ1v) is 10.1. The molecule has 1 saturated heterocycles. The summed E-state index contributed by atoms with van der Waals surface area (Å²) in [5, 5.41) is 2.47. The molecule has 0 saturated carbocycles. The van der Waals surface area contributed by atoms with E-state index in [4.69, 9.17) is 21.2 Å². The van der Waals surface area contributed by atoms with Crippen molar-refractivity contribution < 1.29 is 27.2 Å². The van der Waals surface area contributed by atoms with Crippen molar-refractivity contribution in [3.8, 4) is 0 Å². The number of nitrogens with one attached hydrogen (secondary N) is 2. The van der Waals surface area contributed by atoms with Gasteiger partial charge in [0.2, 0.25) is 5.91 Å². The number of hydrogen-bond donors (Lipinski definition) is 2. The van der Waals surface area contributed by atoms with Crippen LogP contribution in [0.25, 0.3) is 0 Å². The van der Waals surface area contributed by atoms with Gasteiger partial charge in [0.15, 0.2) is 0 Å². The van der Waals surface area contributed by atoms with Crippen LogP contribution in [-0.4, -0.2) is 37.9 Å². The zero-order valence-electron chi connectivity index (χ0n) is 15.1. The van der Waals surface area contributed by atoms with Crippen LogP contribution in [0.15, 0.2) is 48.5 Å². The molecular weight excluding hydrogens is 425 g/mol. The fraction of sp³-hybridized carbons (Fsp3) is 0.222. The van der Waals surface area contributed by atoms with Crippen LogP contribution in [0.3, 0.4) is 0 Å². The second-order valence-corrected chi connectivity index (χ2v) is 8.22. The maximum atomic E-state index is 13.3. The standard InChI is InChI=1S/C17H17ClFN3O3S.CO2/c1-22-16(17(23)20-12-7-8-14(19)13(18)9-12)10-15(21-26(22,24)25)11-5-3-2-4-6-11;2-1-3/h2-9,15-16,21H,10H2,1H3,(H,20,23);. The van der Waals surface area contributed by atoms with E-state index in [2.05, 4.69) is 10.0 Å². The predicted molar refractivity (Wildman–Crippen MR) is 102 cm³/mol. The van der Waals surface area contributed by atoms with Crippen LogP contribution < -0.4 is 10.0 Å². The molecule has 1 aliphatic rings. The highest BCUT2D eigenvalue weighted by atomic mass is 35.5. The molecule has 11 heteroatoms. The van der Waals surface area contributed by atoms with Crippen LogP contribution in [0.4, 0.5) is 10.1 Å². The molecule has 1 aliphatic heterocycles. The molecule has 1 fully saturated rings. The lowest BCUT2D eigenvalue weighted by atomic mass is 9.99. The Morgan fingerprint density at radius 1 is 1.24 bits per heavy atom. The first-order chi connectivity index (χ1) is 13.7. The number of hydrogen-bond acceptors (Lipinski definition) is 5. The highest BCUT2D eigenvalue weighted by molar-refractivity contribution is 7.87. The minimum Gasteiger partial charge on any atom is -0.325 e. The maximum absolute atomic E-state index is 13.3. The lowest BCUT2D eigenvalue weighted by molar-refractivity contribution is -0.191. The van der Waals surface area contributed by atoms with Gasteiger partial charge in [0.05, 0.1) is 5.02 Å². The van der Waals surface area contributed by atoms with Gasteiger partial charge in [0, 0.05) is 18.8 Å². The maximum Gasteiger partial charge on any atom is 0.373 e. The molecule has 2 atom stereocenters. The highest BCUT2D eigenvalue weighted by Crippen LogP contribution is 2.28. The Labute approximate surface area is 171 Å². The molecule has 3 rings (SSSR count). The number of rotatable bonds is 3. The molecule has 1 amide bonds. The van der Waals surface area contributed by atoms with Crippen LogP contribution in [0, 0.1) is 5.82 Å². The number of nitrogens with zero attached hydrogens (tertiary/aromatic N) is 1. The summed E-state index contributed by atoms with van der Waals surface area (Å²) >= 11 is 5.72. The van der Waals surface area contributed by atoms with Gasteiger partial charge in [-0.25, -0.2) is 4.39 Å². The van der Waals surface area contributed by atoms with Crippen molar-refractivity contribution in [1.82, 2.24) is 9.03 Å². The molecule has 8 nitrogen and oxygen atoms in total. The van der Waals surface area contributed by atoms with Crippen LogP contribution in [-0.2, 0) is 24.6 Å². The molecule has 29 heavy (non-hydrogen) atoms. The third-order valence-corrected chi connectivity index (χ3v) is 6.14. The van der Waals surface area contributed by atoms with Gasteiger partial charge in [-0.3, -0.25) is 4.79 Å². The number of likely N-dealkylation sites (N-methyl/N-ethyl adjacent to an activating group) is 1. The predicted octanol–water partition coefficient (Wildman–Crippen LogP) is 2.11. The number of carbonyl (C=O) groups is 1. The minimum absolute atomic E-state index is 0.128. The average molecular weight is 442 g/mol. The number of halogens is 2. The molecule has 0 spiro atoms. The van der Waals surface area contributed by atoms with E-state index < -0.39 is 34.0 Å². The van der Waals surface area contributed by atoms with E-state index >= 15 is 0 Å². The second kappa shape index (κ2) is 9.73. The zero-order chi connectivity index (χ0) is 21.6. The first-order valence-electron chi connectivity index (χ1n) is 8.25. The third-order valence-electron chi connectivity index (χ3n) is 4.26. The molecule has 2 aromatic rings. The summed E-state index contributed by atoms with van der Waals surface area (Å²) < 4.78 is 41.6. The van der Waals surface area contributed by atoms with E-state index in [-0.39, 0.29) is 17.6 Å². The van der Waals surface area contributed by atoms with Crippen LogP contribution in [0.1, 0.15) is 18.0 Å². The van der Waals surface area contributed by atoms with Gasteiger partial charge < -0.3 is 5.32 Å². The summed E-state index contributed by atoms with van der Waals surface area (Å²) in [5.74, 6) is -1.11. The van der Waals surface area contributed by atoms with Gasteiger partial charge in [-0.2, -0.15) is 27.0 Å². The molecule has 154 valence electrons. The lowest BCUT2D eigenvalue weighted by Crippen LogP contribution is -2.55. The topological polar surface area (TPSA) is 113 Å². The Bertz CT molecular complexity index is 1010. The number of anilines is 1. The van der Waals surface area contributed by atoms with Gasteiger partial charge in [0.25, 0.3) is 10.2 Å². The van der Waals surface area contributed by atoms with E-state index in [0.717, 1.165) is 15.9 Å². The quantitative estimate of drug-likeness (QED) is 0.757. The summed E-state index contributed by atoms with van der Waals surface area (Å²) in [6, 6.07) is 11.4. The smallest absolute Gasteiger partial charge is 0.325 e. The van der Waals surface area contributed by atoms with Crippen LogP contribution in [0.5, 0.6) is 0 Å². The van der Waals surface area contributed by atoms with Crippen molar-refractivity contribution in [2.75, 3.05) is 12.4 Å². The number of benzene rings is 2. The fourth-order valence-corrected chi connectivity index (χ4v) is 4.27.